The van der Waals surface area contributed by atoms with Crippen molar-refractivity contribution in [3.63, 3.8) is 0 Å². The molecule has 0 aliphatic rings. The Morgan fingerprint density at radius 2 is 0.810 bits per heavy atom. The minimum atomic E-state index is -1.55. The maximum atomic E-state index is 2.56. The Kier molecular flexibility index (Phi) is 4.72. The normalized spacial score (nSPS) is 11.3. The molecule has 3 aromatic rings. The van der Waals surface area contributed by atoms with Crippen molar-refractivity contribution in [2.24, 2.45) is 0 Å². The Balaban J connectivity index is 2.29. The summed E-state index contributed by atoms with van der Waals surface area (Å²) < 4.78 is 1.11. The predicted octanol–water partition coefficient (Wildman–Crippen LogP) is 4.37. The van der Waals surface area contributed by atoms with Gasteiger partial charge in [0.05, 0.1) is 0 Å². The number of benzene rings is 3. The second kappa shape index (κ2) is 6.72. The number of hydrogen-bond acceptors (Lipinski definition) is 0. The van der Waals surface area contributed by atoms with E-state index in [1.54, 1.807) is 0 Å². The molecule has 0 amide bonds. The van der Waals surface area contributed by atoms with Gasteiger partial charge in [-0.25, -0.2) is 0 Å². The third-order valence-corrected chi connectivity index (χ3v) is 10.7. The Bertz CT molecular complexity index is 584. The molecule has 0 unspecified atom stereocenters. The monoisotopic (exact) mass is 403 g/mol. The van der Waals surface area contributed by atoms with Crippen molar-refractivity contribution in [2.75, 3.05) is 4.17 Å². The van der Waals surface area contributed by atoms with Crippen LogP contribution in [0.25, 0.3) is 0 Å². The Morgan fingerprint density at radius 3 is 1.05 bits per heavy atom. The van der Waals surface area contributed by atoms with E-state index < -0.39 is 7.26 Å². The zero-order chi connectivity index (χ0) is 14.5. The van der Waals surface area contributed by atoms with Gasteiger partial charge in [0.2, 0.25) is 0 Å². The standard InChI is InChI=1S/C19H17IP/c20-16-21(17-10-4-1-5-11-17,18-12-6-2-7-13-18)19-14-8-3-9-15-19/h1-15H,16H2/q+1. The van der Waals surface area contributed by atoms with Crippen LogP contribution < -0.4 is 15.9 Å². The smallest absolute Gasteiger partial charge is 0.0620 e. The zero-order valence-electron chi connectivity index (χ0n) is 11.7. The van der Waals surface area contributed by atoms with Crippen LogP contribution in [0.15, 0.2) is 91.0 Å². The van der Waals surface area contributed by atoms with Gasteiger partial charge in [-0.1, -0.05) is 54.6 Å². The predicted molar refractivity (Wildman–Crippen MR) is 104 cm³/mol. The fraction of sp³-hybridized carbons (Fsp3) is 0.0526. The van der Waals surface area contributed by atoms with Crippen LogP contribution >= 0.6 is 29.9 Å². The van der Waals surface area contributed by atoms with Gasteiger partial charge < -0.3 is 0 Å². The minimum absolute atomic E-state index is 1.11. The minimum Gasteiger partial charge on any atom is -0.0620 e. The Morgan fingerprint density at radius 1 is 0.524 bits per heavy atom. The van der Waals surface area contributed by atoms with Crippen LogP contribution in [0.3, 0.4) is 0 Å². The van der Waals surface area contributed by atoms with E-state index in [-0.39, 0.29) is 0 Å². The first-order valence-electron chi connectivity index (χ1n) is 6.99. The molecule has 0 nitrogen and oxygen atoms in total. The summed E-state index contributed by atoms with van der Waals surface area (Å²) in [5.41, 5.74) is 0. The third-order valence-electron chi connectivity index (χ3n) is 3.77. The second-order valence-corrected chi connectivity index (χ2v) is 10.4. The van der Waals surface area contributed by atoms with Crippen molar-refractivity contribution in [2.45, 2.75) is 0 Å². The molecule has 0 aliphatic carbocycles. The van der Waals surface area contributed by atoms with Gasteiger partial charge in [-0.3, -0.25) is 0 Å². The molecule has 0 atom stereocenters. The van der Waals surface area contributed by atoms with Crippen molar-refractivity contribution >= 4 is 45.8 Å². The van der Waals surface area contributed by atoms with Gasteiger partial charge in [0.25, 0.3) is 0 Å². The molecular weight excluding hydrogens is 386 g/mol. The lowest BCUT2D eigenvalue weighted by Gasteiger charge is -2.25. The van der Waals surface area contributed by atoms with E-state index in [2.05, 4.69) is 114 Å². The van der Waals surface area contributed by atoms with E-state index >= 15 is 0 Å². The molecule has 0 saturated heterocycles. The summed E-state index contributed by atoms with van der Waals surface area (Å²) in [7, 11) is -1.55. The van der Waals surface area contributed by atoms with Crippen LogP contribution in [0.5, 0.6) is 0 Å². The molecule has 0 N–H and O–H groups in total. The molecule has 0 aromatic heterocycles. The van der Waals surface area contributed by atoms with Crippen LogP contribution in [0.4, 0.5) is 0 Å². The third kappa shape index (κ3) is 2.77. The van der Waals surface area contributed by atoms with Gasteiger partial charge >= 0.3 is 0 Å². The second-order valence-electron chi connectivity index (χ2n) is 4.94. The summed E-state index contributed by atoms with van der Waals surface area (Å²) in [6, 6.07) is 32.9. The van der Waals surface area contributed by atoms with Gasteiger partial charge in [-0.15, -0.1) is 0 Å². The summed E-state index contributed by atoms with van der Waals surface area (Å²) in [4.78, 5) is 0. The fourth-order valence-corrected chi connectivity index (χ4v) is 9.60. The summed E-state index contributed by atoms with van der Waals surface area (Å²) in [6.07, 6.45) is 0. The lowest BCUT2D eigenvalue weighted by molar-refractivity contribution is 1.71. The molecule has 0 radical (unpaired) electrons. The SMILES string of the molecule is IC[P+](c1ccccc1)(c1ccccc1)c1ccccc1. The average molecular weight is 403 g/mol. The molecule has 0 bridgehead atoms. The molecule has 2 heteroatoms. The van der Waals surface area contributed by atoms with E-state index in [0.29, 0.717) is 0 Å². The van der Waals surface area contributed by atoms with E-state index in [1.165, 1.54) is 15.9 Å². The summed E-state index contributed by atoms with van der Waals surface area (Å²) in [5, 5.41) is 4.37. The van der Waals surface area contributed by atoms with Gasteiger partial charge in [-0.2, -0.15) is 0 Å². The van der Waals surface area contributed by atoms with Crippen LogP contribution in [-0.2, 0) is 0 Å². The molecule has 0 fully saturated rings. The van der Waals surface area contributed by atoms with Crippen LogP contribution in [0.1, 0.15) is 0 Å². The summed E-state index contributed by atoms with van der Waals surface area (Å²) >= 11 is 2.56. The number of halogens is 1. The Hall–Kier alpha value is -1.18. The van der Waals surface area contributed by atoms with Crippen molar-refractivity contribution in [1.29, 1.82) is 0 Å². The van der Waals surface area contributed by atoms with Gasteiger partial charge in [0.1, 0.15) is 27.3 Å². The molecular formula is C19H17IP+. The highest BCUT2D eigenvalue weighted by Crippen LogP contribution is 2.56. The molecule has 104 valence electrons. The van der Waals surface area contributed by atoms with Crippen molar-refractivity contribution in [3.05, 3.63) is 91.0 Å². The van der Waals surface area contributed by atoms with Gasteiger partial charge in [-0.05, 0) is 59.0 Å². The van der Waals surface area contributed by atoms with Crippen molar-refractivity contribution < 1.29 is 0 Å². The highest BCUT2D eigenvalue weighted by atomic mass is 127. The van der Waals surface area contributed by atoms with Crippen LogP contribution in [0.2, 0.25) is 0 Å². The Labute approximate surface area is 140 Å². The molecule has 0 heterocycles. The largest absolute Gasteiger partial charge is 0.124 e. The van der Waals surface area contributed by atoms with Crippen molar-refractivity contribution in [1.82, 2.24) is 0 Å². The highest BCUT2D eigenvalue weighted by molar-refractivity contribution is 14.1. The van der Waals surface area contributed by atoms with E-state index in [0.717, 1.165) is 4.17 Å². The fourth-order valence-electron chi connectivity index (χ4n) is 2.70. The molecule has 0 spiro atoms. The van der Waals surface area contributed by atoms with Crippen molar-refractivity contribution in [3.8, 4) is 0 Å². The zero-order valence-corrected chi connectivity index (χ0v) is 14.7. The lowest BCUT2D eigenvalue weighted by Crippen LogP contribution is -2.31. The van der Waals surface area contributed by atoms with Crippen LogP contribution in [0, 0.1) is 0 Å². The summed E-state index contributed by atoms with van der Waals surface area (Å²) in [6.45, 7) is 0. The topological polar surface area (TPSA) is 0 Å². The van der Waals surface area contributed by atoms with Crippen LogP contribution in [-0.4, -0.2) is 4.17 Å². The van der Waals surface area contributed by atoms with Gasteiger partial charge in [0.15, 0.2) is 0 Å². The van der Waals surface area contributed by atoms with Gasteiger partial charge in [0, 0.05) is 0 Å². The van der Waals surface area contributed by atoms with E-state index in [9.17, 15) is 0 Å². The summed E-state index contributed by atoms with van der Waals surface area (Å²) in [5.74, 6) is 0. The highest BCUT2D eigenvalue weighted by Gasteiger charge is 2.43. The maximum Gasteiger partial charge on any atom is 0.124 e. The van der Waals surface area contributed by atoms with E-state index in [4.69, 9.17) is 0 Å². The number of hydrogen-bond donors (Lipinski definition) is 0. The number of rotatable bonds is 4. The molecule has 0 aliphatic heterocycles. The first kappa shape index (κ1) is 14.7. The average Bonchev–Trinajstić information content (AvgIpc) is 2.59. The lowest BCUT2D eigenvalue weighted by atomic mass is 10.4. The molecule has 0 saturated carbocycles. The van der Waals surface area contributed by atoms with E-state index in [1.807, 2.05) is 0 Å². The number of alkyl halides is 1. The maximum absolute atomic E-state index is 2.56. The first-order chi connectivity index (χ1) is 10.4. The molecule has 3 aromatic carbocycles. The quantitative estimate of drug-likeness (QED) is 0.345. The molecule has 21 heavy (non-hydrogen) atoms. The molecule has 3 rings (SSSR count). The first-order valence-corrected chi connectivity index (χ1v) is 10.5.